The van der Waals surface area contributed by atoms with Crippen LogP contribution in [0.15, 0.2) is 167 Å². The second kappa shape index (κ2) is 10.7. The highest BCUT2D eigenvalue weighted by Gasteiger charge is 2.21. The van der Waals surface area contributed by atoms with Gasteiger partial charge in [0.15, 0.2) is 5.58 Å². The Morgan fingerprint density at radius 2 is 1.15 bits per heavy atom. The first-order chi connectivity index (χ1) is 23.8. The minimum absolute atomic E-state index is 0.638. The maximum atomic E-state index is 6.36. The maximum Gasteiger partial charge on any atom is 0.227 e. The maximum absolute atomic E-state index is 6.36. The number of para-hydroxylation sites is 1. The first-order valence-electron chi connectivity index (χ1n) is 15.9. The molecule has 0 amide bonds. The fourth-order valence-electron chi connectivity index (χ4n) is 6.80. The molecule has 3 heterocycles. The molecule has 0 radical (unpaired) electrons. The van der Waals surface area contributed by atoms with Crippen LogP contribution in [0.2, 0.25) is 0 Å². The number of benzene rings is 7. The molecule has 0 saturated heterocycles. The number of fused-ring (bicyclic) bond motifs is 7. The summed E-state index contributed by atoms with van der Waals surface area (Å²) in [7, 11) is 0. The van der Waals surface area contributed by atoms with Gasteiger partial charge in [-0.25, -0.2) is 4.98 Å². The number of furan rings is 1. The molecule has 48 heavy (non-hydrogen) atoms. The van der Waals surface area contributed by atoms with Crippen LogP contribution in [-0.2, 0) is 0 Å². The molecule has 10 rings (SSSR count). The fraction of sp³-hybridized carbons (Fsp3) is 0. The molecule has 0 aliphatic carbocycles. The molecule has 0 spiro atoms. The number of hydrogen-bond donors (Lipinski definition) is 0. The molecule has 0 atom stereocenters. The minimum atomic E-state index is 0.638. The van der Waals surface area contributed by atoms with Gasteiger partial charge in [-0.2, -0.15) is 0 Å². The van der Waals surface area contributed by atoms with Crippen molar-refractivity contribution >= 4 is 81.6 Å². The van der Waals surface area contributed by atoms with E-state index in [-0.39, 0.29) is 0 Å². The van der Waals surface area contributed by atoms with Gasteiger partial charge in [0.25, 0.3) is 0 Å². The van der Waals surface area contributed by atoms with Crippen LogP contribution in [0.3, 0.4) is 0 Å². The summed E-state index contributed by atoms with van der Waals surface area (Å²) in [5.41, 5.74) is 9.95. The van der Waals surface area contributed by atoms with Crippen molar-refractivity contribution in [2.24, 2.45) is 0 Å². The third-order valence-electron chi connectivity index (χ3n) is 9.10. The zero-order valence-corrected chi connectivity index (χ0v) is 26.4. The lowest BCUT2D eigenvalue weighted by molar-refractivity contribution is 0.620. The van der Waals surface area contributed by atoms with E-state index < -0.39 is 0 Å². The Morgan fingerprint density at radius 1 is 0.458 bits per heavy atom. The summed E-state index contributed by atoms with van der Waals surface area (Å²) in [6.07, 6.45) is 0. The molecule has 3 aromatic heterocycles. The molecule has 10 aromatic rings. The van der Waals surface area contributed by atoms with Crippen LogP contribution in [0.25, 0.3) is 75.8 Å². The highest BCUT2D eigenvalue weighted by Crippen LogP contribution is 2.46. The number of aromatic nitrogens is 1. The predicted molar refractivity (Wildman–Crippen MR) is 200 cm³/mol. The van der Waals surface area contributed by atoms with Gasteiger partial charge in [0.2, 0.25) is 5.89 Å². The van der Waals surface area contributed by atoms with Crippen molar-refractivity contribution in [1.82, 2.24) is 4.98 Å². The second-order valence-electron chi connectivity index (χ2n) is 12.0. The van der Waals surface area contributed by atoms with Crippen molar-refractivity contribution in [3.8, 4) is 22.6 Å². The largest absolute Gasteiger partial charge is 0.456 e. The molecule has 0 unspecified atom stereocenters. The molecule has 0 aliphatic heterocycles. The number of rotatable bonds is 5. The van der Waals surface area contributed by atoms with Crippen LogP contribution in [0.1, 0.15) is 0 Å². The number of thiophene rings is 1. The first kappa shape index (κ1) is 27.0. The van der Waals surface area contributed by atoms with Gasteiger partial charge in [0.1, 0.15) is 16.7 Å². The fourth-order valence-corrected chi connectivity index (χ4v) is 8.02. The molecule has 0 saturated carbocycles. The Labute approximate surface area is 279 Å². The molecule has 5 heteroatoms. The van der Waals surface area contributed by atoms with Gasteiger partial charge in [0, 0.05) is 55.3 Å². The van der Waals surface area contributed by atoms with E-state index in [1.54, 1.807) is 11.3 Å². The summed E-state index contributed by atoms with van der Waals surface area (Å²) >= 11 is 1.78. The lowest BCUT2D eigenvalue weighted by Crippen LogP contribution is -2.10. The average molecular weight is 635 g/mol. The highest BCUT2D eigenvalue weighted by atomic mass is 32.1. The van der Waals surface area contributed by atoms with Gasteiger partial charge >= 0.3 is 0 Å². The summed E-state index contributed by atoms with van der Waals surface area (Å²) in [5.74, 6) is 0.638. The van der Waals surface area contributed by atoms with Crippen LogP contribution in [-0.4, -0.2) is 4.98 Å². The average Bonchev–Trinajstić information content (AvgIpc) is 3.85. The van der Waals surface area contributed by atoms with Gasteiger partial charge in [0.05, 0.1) is 10.4 Å². The number of hydrogen-bond acceptors (Lipinski definition) is 5. The Hall–Kier alpha value is -6.17. The molecule has 0 bridgehead atoms. The van der Waals surface area contributed by atoms with Gasteiger partial charge in [-0.15, -0.1) is 11.3 Å². The third kappa shape index (κ3) is 4.33. The predicted octanol–water partition coefficient (Wildman–Crippen LogP) is 12.9. The Morgan fingerprint density at radius 3 is 1.98 bits per heavy atom. The summed E-state index contributed by atoms with van der Waals surface area (Å²) in [6, 6.07) is 55.0. The molecule has 0 N–H and O–H groups in total. The van der Waals surface area contributed by atoms with Crippen LogP contribution in [0.5, 0.6) is 0 Å². The van der Waals surface area contributed by atoms with E-state index in [0.29, 0.717) is 5.89 Å². The Bertz CT molecular complexity index is 2780. The molecule has 0 fully saturated rings. The summed E-state index contributed by atoms with van der Waals surface area (Å²) in [5, 5.41) is 4.59. The third-order valence-corrected chi connectivity index (χ3v) is 10.3. The number of anilines is 3. The van der Waals surface area contributed by atoms with Gasteiger partial charge in [-0.3, -0.25) is 0 Å². The molecule has 226 valence electrons. The molecule has 0 aliphatic rings. The van der Waals surface area contributed by atoms with E-state index in [0.717, 1.165) is 60.4 Å². The van der Waals surface area contributed by atoms with E-state index in [1.165, 1.54) is 26.6 Å². The zero-order chi connectivity index (χ0) is 31.6. The highest BCUT2D eigenvalue weighted by molar-refractivity contribution is 7.26. The van der Waals surface area contributed by atoms with Crippen molar-refractivity contribution < 1.29 is 8.83 Å². The molecular weight excluding hydrogens is 609 g/mol. The van der Waals surface area contributed by atoms with Gasteiger partial charge in [-0.05, 0) is 65.7 Å². The summed E-state index contributed by atoms with van der Waals surface area (Å²) < 4.78 is 15.0. The quantitative estimate of drug-likeness (QED) is 0.189. The second-order valence-corrected chi connectivity index (χ2v) is 13.0. The Kier molecular flexibility index (Phi) is 6.01. The van der Waals surface area contributed by atoms with E-state index in [9.17, 15) is 0 Å². The number of nitrogens with zero attached hydrogens (tertiary/aromatic N) is 2. The molecule has 4 nitrogen and oxygen atoms in total. The van der Waals surface area contributed by atoms with Crippen molar-refractivity contribution in [2.45, 2.75) is 0 Å². The van der Waals surface area contributed by atoms with E-state index >= 15 is 0 Å². The van der Waals surface area contributed by atoms with E-state index in [4.69, 9.17) is 13.8 Å². The topological polar surface area (TPSA) is 42.4 Å². The first-order valence-corrected chi connectivity index (χ1v) is 16.8. The van der Waals surface area contributed by atoms with Gasteiger partial charge < -0.3 is 13.7 Å². The van der Waals surface area contributed by atoms with Crippen molar-refractivity contribution in [1.29, 1.82) is 0 Å². The lowest BCUT2D eigenvalue weighted by Gasteiger charge is -2.26. The summed E-state index contributed by atoms with van der Waals surface area (Å²) in [6.45, 7) is 0. The molecular formula is C43H26N2O2S. The van der Waals surface area contributed by atoms with Crippen LogP contribution >= 0.6 is 11.3 Å². The summed E-state index contributed by atoms with van der Waals surface area (Å²) in [4.78, 5) is 7.21. The molecule has 7 aromatic carbocycles. The standard InChI is InChI=1S/C43H26N2O2S/c1-3-10-27(11-4-1)28-18-20-30(21-19-28)45(31-22-23-33-32-14-7-8-17-38(32)46-39(33)24-31)37-16-9-15-34-35-25-36-40(26-41(35)48-42(34)37)47-43(44-36)29-12-5-2-6-13-29/h1-26H. The monoisotopic (exact) mass is 634 g/mol. The SMILES string of the molecule is c1ccc(-c2ccc(N(c3ccc4c(c3)oc3ccccc34)c3cccc4c3sc3cc5oc(-c6ccccc6)nc5cc34)cc2)cc1. The van der Waals surface area contributed by atoms with Crippen LogP contribution in [0, 0.1) is 0 Å². The van der Waals surface area contributed by atoms with E-state index in [2.05, 4.69) is 120 Å². The van der Waals surface area contributed by atoms with Crippen molar-refractivity contribution in [3.63, 3.8) is 0 Å². The van der Waals surface area contributed by atoms with Crippen molar-refractivity contribution in [2.75, 3.05) is 4.90 Å². The van der Waals surface area contributed by atoms with Crippen LogP contribution < -0.4 is 4.90 Å². The normalized spacial score (nSPS) is 11.8. The Balaban J connectivity index is 1.16. The van der Waals surface area contributed by atoms with E-state index in [1.807, 2.05) is 42.5 Å². The minimum Gasteiger partial charge on any atom is -0.456 e. The van der Waals surface area contributed by atoms with Gasteiger partial charge in [-0.1, -0.05) is 91.0 Å². The smallest absolute Gasteiger partial charge is 0.227 e. The zero-order valence-electron chi connectivity index (χ0n) is 25.6. The lowest BCUT2D eigenvalue weighted by atomic mass is 10.0. The van der Waals surface area contributed by atoms with Crippen LogP contribution in [0.4, 0.5) is 17.1 Å². The number of oxazole rings is 1. The van der Waals surface area contributed by atoms with Crippen molar-refractivity contribution in [3.05, 3.63) is 158 Å².